The smallest absolute Gasteiger partial charge is 0.374 e. The summed E-state index contributed by atoms with van der Waals surface area (Å²) in [7, 11) is 1.75. The predicted molar refractivity (Wildman–Crippen MR) is 43.8 cm³/mol. The number of aryl methyl sites for hydroxylation is 1. The Morgan fingerprint density at radius 3 is 2.75 bits per heavy atom. The Bertz CT molecular complexity index is 278. The summed E-state index contributed by atoms with van der Waals surface area (Å²) in [4.78, 5) is 15.1. The molecule has 0 fully saturated rings. The molecular formula is C8H12N2O2. The fourth-order valence-electron chi connectivity index (χ4n) is 0.829. The van der Waals surface area contributed by atoms with Crippen molar-refractivity contribution in [3.8, 4) is 0 Å². The lowest BCUT2D eigenvalue weighted by atomic mass is 10.5. The molecule has 66 valence electrons. The molecule has 0 saturated heterocycles. The van der Waals surface area contributed by atoms with Gasteiger partial charge < -0.3 is 9.30 Å². The summed E-state index contributed by atoms with van der Waals surface area (Å²) >= 11 is 0. The van der Waals surface area contributed by atoms with Crippen LogP contribution in [0, 0.1) is 0 Å². The van der Waals surface area contributed by atoms with Gasteiger partial charge in [0.1, 0.15) is 0 Å². The molecule has 0 bridgehead atoms. The first-order valence-electron chi connectivity index (χ1n) is 3.79. The molecule has 0 aliphatic carbocycles. The van der Waals surface area contributed by atoms with E-state index in [9.17, 15) is 4.79 Å². The lowest BCUT2D eigenvalue weighted by Crippen LogP contribution is -2.15. The van der Waals surface area contributed by atoms with Gasteiger partial charge in [-0.25, -0.2) is 9.78 Å². The predicted octanol–water partition coefficient (Wildman–Crippen LogP) is 0.985. The van der Waals surface area contributed by atoms with Gasteiger partial charge in [0.15, 0.2) is 0 Å². The van der Waals surface area contributed by atoms with Gasteiger partial charge in [0, 0.05) is 19.4 Å². The molecule has 1 aromatic rings. The second-order valence-corrected chi connectivity index (χ2v) is 2.82. The van der Waals surface area contributed by atoms with Crippen LogP contribution in [0.1, 0.15) is 24.5 Å². The first-order valence-corrected chi connectivity index (χ1v) is 3.79. The average molecular weight is 168 g/mol. The number of rotatable bonds is 2. The number of hydrogen-bond donors (Lipinski definition) is 0. The van der Waals surface area contributed by atoms with E-state index in [-0.39, 0.29) is 12.1 Å². The van der Waals surface area contributed by atoms with E-state index in [1.165, 1.54) is 0 Å². The highest BCUT2D eigenvalue weighted by atomic mass is 16.5. The van der Waals surface area contributed by atoms with Gasteiger partial charge >= 0.3 is 5.97 Å². The average Bonchev–Trinajstić information content (AvgIpc) is 2.33. The van der Waals surface area contributed by atoms with Crippen LogP contribution in [-0.4, -0.2) is 21.6 Å². The number of ether oxygens (including phenoxy) is 1. The van der Waals surface area contributed by atoms with Gasteiger partial charge in [-0.3, -0.25) is 0 Å². The fourth-order valence-corrected chi connectivity index (χ4v) is 0.829. The highest BCUT2D eigenvalue weighted by molar-refractivity contribution is 5.85. The minimum absolute atomic E-state index is 0.103. The Morgan fingerprint density at radius 2 is 2.33 bits per heavy atom. The van der Waals surface area contributed by atoms with Crippen molar-refractivity contribution in [2.45, 2.75) is 20.0 Å². The SMILES string of the molecule is CC(C)OC(=O)c1nccn1C. The lowest BCUT2D eigenvalue weighted by molar-refractivity contribution is 0.0359. The zero-order valence-corrected chi connectivity index (χ0v) is 7.44. The van der Waals surface area contributed by atoms with E-state index in [0.717, 1.165) is 0 Å². The first kappa shape index (κ1) is 8.77. The number of aromatic nitrogens is 2. The molecule has 0 spiro atoms. The standard InChI is InChI=1S/C8H12N2O2/c1-6(2)12-8(11)7-9-4-5-10(7)3/h4-6H,1-3H3. The van der Waals surface area contributed by atoms with Crippen LogP contribution in [0.5, 0.6) is 0 Å². The van der Waals surface area contributed by atoms with Crippen molar-refractivity contribution < 1.29 is 9.53 Å². The monoisotopic (exact) mass is 168 g/mol. The van der Waals surface area contributed by atoms with Crippen LogP contribution in [0.3, 0.4) is 0 Å². The van der Waals surface area contributed by atoms with Crippen molar-refractivity contribution in [3.63, 3.8) is 0 Å². The van der Waals surface area contributed by atoms with Gasteiger partial charge in [-0.15, -0.1) is 0 Å². The van der Waals surface area contributed by atoms with Gasteiger partial charge in [-0.1, -0.05) is 0 Å². The molecule has 0 saturated carbocycles. The third-order valence-electron chi connectivity index (χ3n) is 1.35. The first-order chi connectivity index (χ1) is 5.61. The van der Waals surface area contributed by atoms with E-state index in [4.69, 9.17) is 4.74 Å². The van der Waals surface area contributed by atoms with Gasteiger partial charge in [0.2, 0.25) is 5.82 Å². The minimum Gasteiger partial charge on any atom is -0.457 e. The second-order valence-electron chi connectivity index (χ2n) is 2.82. The molecule has 0 unspecified atom stereocenters. The molecule has 0 amide bonds. The van der Waals surface area contributed by atoms with Crippen LogP contribution in [0.2, 0.25) is 0 Å². The minimum atomic E-state index is -0.377. The van der Waals surface area contributed by atoms with Crippen LogP contribution in [0.25, 0.3) is 0 Å². The molecule has 4 heteroatoms. The maximum Gasteiger partial charge on any atom is 0.374 e. The Hall–Kier alpha value is -1.32. The Kier molecular flexibility index (Phi) is 2.47. The Balaban J connectivity index is 2.72. The largest absolute Gasteiger partial charge is 0.457 e. The maximum absolute atomic E-state index is 11.2. The molecule has 0 atom stereocenters. The van der Waals surface area contributed by atoms with E-state index in [1.54, 1.807) is 37.9 Å². The van der Waals surface area contributed by atoms with Crippen molar-refractivity contribution in [3.05, 3.63) is 18.2 Å². The number of hydrogen-bond acceptors (Lipinski definition) is 3. The summed E-state index contributed by atoms with van der Waals surface area (Å²) in [5.74, 6) is -0.0406. The number of carbonyl (C=O) groups is 1. The number of imidazole rings is 1. The number of nitrogens with zero attached hydrogens (tertiary/aromatic N) is 2. The summed E-state index contributed by atoms with van der Waals surface area (Å²) < 4.78 is 6.58. The van der Waals surface area contributed by atoms with Crippen molar-refractivity contribution >= 4 is 5.97 Å². The molecular weight excluding hydrogens is 156 g/mol. The van der Waals surface area contributed by atoms with Gasteiger partial charge in [0.05, 0.1) is 6.10 Å². The van der Waals surface area contributed by atoms with Crippen LogP contribution >= 0.6 is 0 Å². The topological polar surface area (TPSA) is 44.1 Å². The van der Waals surface area contributed by atoms with E-state index in [0.29, 0.717) is 5.82 Å². The summed E-state index contributed by atoms with van der Waals surface area (Å²) in [6.45, 7) is 3.61. The zero-order valence-electron chi connectivity index (χ0n) is 7.44. The number of esters is 1. The maximum atomic E-state index is 11.2. The third kappa shape index (κ3) is 1.84. The van der Waals surface area contributed by atoms with Gasteiger partial charge in [-0.2, -0.15) is 0 Å². The molecule has 0 aliphatic rings. The molecule has 0 aromatic carbocycles. The van der Waals surface area contributed by atoms with Crippen LogP contribution < -0.4 is 0 Å². The highest BCUT2D eigenvalue weighted by Gasteiger charge is 2.13. The summed E-state index contributed by atoms with van der Waals surface area (Å²) in [6.07, 6.45) is 3.17. The highest BCUT2D eigenvalue weighted by Crippen LogP contribution is 1.99. The van der Waals surface area contributed by atoms with Crippen molar-refractivity contribution in [2.24, 2.45) is 7.05 Å². The molecule has 1 aromatic heterocycles. The van der Waals surface area contributed by atoms with Crippen molar-refractivity contribution in [1.82, 2.24) is 9.55 Å². The normalized spacial score (nSPS) is 10.3. The molecule has 4 nitrogen and oxygen atoms in total. The quantitative estimate of drug-likeness (QED) is 0.618. The van der Waals surface area contributed by atoms with Crippen LogP contribution in [-0.2, 0) is 11.8 Å². The van der Waals surface area contributed by atoms with Crippen LogP contribution in [0.15, 0.2) is 12.4 Å². The van der Waals surface area contributed by atoms with Crippen molar-refractivity contribution in [1.29, 1.82) is 0 Å². The Morgan fingerprint density at radius 1 is 1.67 bits per heavy atom. The van der Waals surface area contributed by atoms with Crippen LogP contribution in [0.4, 0.5) is 0 Å². The van der Waals surface area contributed by atoms with E-state index in [2.05, 4.69) is 4.98 Å². The molecule has 0 radical (unpaired) electrons. The van der Waals surface area contributed by atoms with E-state index in [1.807, 2.05) is 0 Å². The second kappa shape index (κ2) is 3.38. The third-order valence-corrected chi connectivity index (χ3v) is 1.35. The van der Waals surface area contributed by atoms with E-state index >= 15 is 0 Å². The summed E-state index contributed by atoms with van der Waals surface area (Å²) in [6, 6.07) is 0. The molecule has 1 rings (SSSR count). The lowest BCUT2D eigenvalue weighted by Gasteiger charge is -2.06. The molecule has 0 aliphatic heterocycles. The summed E-state index contributed by atoms with van der Waals surface area (Å²) in [5, 5.41) is 0. The fraction of sp³-hybridized carbons (Fsp3) is 0.500. The molecule has 1 heterocycles. The molecule has 0 N–H and O–H groups in total. The van der Waals surface area contributed by atoms with Gasteiger partial charge in [-0.05, 0) is 13.8 Å². The summed E-state index contributed by atoms with van der Waals surface area (Å²) in [5.41, 5.74) is 0. The Labute approximate surface area is 71.2 Å². The number of carbonyl (C=O) groups excluding carboxylic acids is 1. The van der Waals surface area contributed by atoms with Crippen molar-refractivity contribution in [2.75, 3.05) is 0 Å². The van der Waals surface area contributed by atoms with Gasteiger partial charge in [0.25, 0.3) is 0 Å². The molecule has 12 heavy (non-hydrogen) atoms. The zero-order chi connectivity index (χ0) is 9.14. The van der Waals surface area contributed by atoms with E-state index < -0.39 is 0 Å².